The average molecular weight is 274 g/mol. The van der Waals surface area contributed by atoms with Gasteiger partial charge in [0.1, 0.15) is 18.2 Å². The maximum atomic E-state index is 13.4. The third-order valence-corrected chi connectivity index (χ3v) is 2.39. The lowest BCUT2D eigenvalue weighted by Gasteiger charge is -2.04. The van der Waals surface area contributed by atoms with Crippen LogP contribution < -0.4 is 5.32 Å². The van der Waals surface area contributed by atoms with E-state index in [-0.39, 0.29) is 17.9 Å². The zero-order chi connectivity index (χ0) is 14.5. The van der Waals surface area contributed by atoms with Crippen molar-refractivity contribution in [1.82, 2.24) is 5.16 Å². The fraction of sp³-hybridized carbons (Fsp3) is 0.143. The molecule has 0 aliphatic rings. The first-order valence-electron chi connectivity index (χ1n) is 5.74. The summed E-state index contributed by atoms with van der Waals surface area (Å²) in [7, 11) is 0. The van der Waals surface area contributed by atoms with Crippen molar-refractivity contribution >= 4 is 11.6 Å². The fourth-order valence-corrected chi connectivity index (χ4v) is 1.50. The lowest BCUT2D eigenvalue weighted by Crippen LogP contribution is -2.12. The minimum atomic E-state index is -0.527. The number of rotatable bonds is 2. The number of nitrogens with zero attached hydrogens (tertiary/aromatic N) is 1. The minimum Gasteiger partial charge on any atom is -0.384 e. The third-order valence-electron chi connectivity index (χ3n) is 2.39. The molecule has 0 unspecified atom stereocenters. The Kier molecular flexibility index (Phi) is 4.13. The highest BCUT2D eigenvalue weighted by Gasteiger charge is 2.11. The van der Waals surface area contributed by atoms with Gasteiger partial charge in [0.2, 0.25) is 0 Å². The molecule has 1 aromatic carbocycles. The van der Waals surface area contributed by atoms with Crippen molar-refractivity contribution in [3.05, 3.63) is 47.1 Å². The molecule has 1 heterocycles. The van der Waals surface area contributed by atoms with Crippen molar-refractivity contribution in [3.63, 3.8) is 0 Å². The lowest BCUT2D eigenvalue weighted by atomic mass is 10.2. The van der Waals surface area contributed by atoms with Gasteiger partial charge in [0, 0.05) is 11.8 Å². The van der Waals surface area contributed by atoms with Crippen LogP contribution in [0.15, 0.2) is 28.8 Å². The molecule has 0 aliphatic heterocycles. The van der Waals surface area contributed by atoms with Crippen LogP contribution in [0.4, 0.5) is 10.1 Å². The van der Waals surface area contributed by atoms with Crippen molar-refractivity contribution in [3.8, 4) is 11.8 Å². The van der Waals surface area contributed by atoms with E-state index in [0.717, 1.165) is 0 Å². The van der Waals surface area contributed by atoms with Crippen molar-refractivity contribution in [2.24, 2.45) is 0 Å². The average Bonchev–Trinajstić information content (AvgIpc) is 2.86. The van der Waals surface area contributed by atoms with E-state index in [1.807, 2.05) is 0 Å². The van der Waals surface area contributed by atoms with Crippen molar-refractivity contribution in [2.45, 2.75) is 6.92 Å². The standard InChI is InChI=1S/C14H11FN2O3/c1-9-7-13(17-20-9)14(19)16-11-4-5-12(15)10(8-11)3-2-6-18/h4-5,7-8,18H,6H2,1H3,(H,16,19). The number of aryl methyl sites for hydroxylation is 1. The number of nitrogens with one attached hydrogen (secondary N) is 1. The van der Waals surface area contributed by atoms with Gasteiger partial charge in [-0.2, -0.15) is 0 Å². The van der Waals surface area contributed by atoms with Crippen LogP contribution in [-0.4, -0.2) is 22.8 Å². The zero-order valence-corrected chi connectivity index (χ0v) is 10.6. The van der Waals surface area contributed by atoms with Crippen molar-refractivity contribution < 1.29 is 18.8 Å². The molecule has 2 aromatic rings. The second kappa shape index (κ2) is 5.99. The monoisotopic (exact) mass is 274 g/mol. The van der Waals surface area contributed by atoms with Crippen molar-refractivity contribution in [2.75, 3.05) is 11.9 Å². The predicted octanol–water partition coefficient (Wildman–Crippen LogP) is 1.72. The maximum Gasteiger partial charge on any atom is 0.277 e. The van der Waals surface area contributed by atoms with E-state index in [0.29, 0.717) is 11.4 Å². The molecule has 1 amide bonds. The molecule has 20 heavy (non-hydrogen) atoms. The summed E-state index contributed by atoms with van der Waals surface area (Å²) in [6, 6.07) is 5.46. The summed E-state index contributed by atoms with van der Waals surface area (Å²) in [5, 5.41) is 14.7. The molecule has 5 nitrogen and oxygen atoms in total. The van der Waals surface area contributed by atoms with Gasteiger partial charge in [-0.15, -0.1) is 0 Å². The summed E-state index contributed by atoms with van der Waals surface area (Å²) in [6.07, 6.45) is 0. The Labute approximate surface area is 114 Å². The van der Waals surface area contributed by atoms with Gasteiger partial charge in [-0.3, -0.25) is 4.79 Å². The Hall–Kier alpha value is -2.65. The number of benzene rings is 1. The number of carbonyl (C=O) groups is 1. The Morgan fingerprint density at radius 3 is 2.95 bits per heavy atom. The smallest absolute Gasteiger partial charge is 0.277 e. The summed E-state index contributed by atoms with van der Waals surface area (Å²) < 4.78 is 18.2. The van der Waals surface area contributed by atoms with E-state index < -0.39 is 11.7 Å². The molecule has 0 bridgehead atoms. The molecule has 0 saturated heterocycles. The fourth-order valence-electron chi connectivity index (χ4n) is 1.50. The lowest BCUT2D eigenvalue weighted by molar-refractivity contribution is 0.101. The molecule has 0 aliphatic carbocycles. The van der Waals surface area contributed by atoms with E-state index in [1.54, 1.807) is 6.92 Å². The Morgan fingerprint density at radius 1 is 1.50 bits per heavy atom. The Bertz CT molecular complexity index is 698. The van der Waals surface area contributed by atoms with Gasteiger partial charge in [0.15, 0.2) is 5.69 Å². The molecule has 102 valence electrons. The molecule has 0 saturated carbocycles. The molecule has 0 fully saturated rings. The first-order chi connectivity index (χ1) is 9.60. The highest BCUT2D eigenvalue weighted by atomic mass is 19.1. The predicted molar refractivity (Wildman–Crippen MR) is 69.6 cm³/mol. The summed E-state index contributed by atoms with van der Waals surface area (Å²) in [4.78, 5) is 11.8. The number of aliphatic hydroxyl groups excluding tert-OH is 1. The maximum absolute atomic E-state index is 13.4. The number of hydrogen-bond donors (Lipinski definition) is 2. The molecular weight excluding hydrogens is 263 g/mol. The van der Waals surface area contributed by atoms with Gasteiger partial charge in [0.05, 0.1) is 5.56 Å². The van der Waals surface area contributed by atoms with E-state index in [1.165, 1.54) is 24.3 Å². The Balaban J connectivity index is 2.19. The summed E-state index contributed by atoms with van der Waals surface area (Å²) in [5.74, 6) is 4.33. The number of carbonyl (C=O) groups excluding carboxylic acids is 1. The first-order valence-corrected chi connectivity index (χ1v) is 5.74. The topological polar surface area (TPSA) is 75.4 Å². The minimum absolute atomic E-state index is 0.0909. The van der Waals surface area contributed by atoms with Crippen LogP contribution in [0.1, 0.15) is 21.8 Å². The quantitative estimate of drug-likeness (QED) is 0.818. The highest BCUT2D eigenvalue weighted by molar-refractivity contribution is 6.02. The van der Waals surface area contributed by atoms with Crippen LogP contribution in [-0.2, 0) is 0 Å². The van der Waals surface area contributed by atoms with E-state index in [4.69, 9.17) is 9.63 Å². The van der Waals surface area contributed by atoms with Crippen LogP contribution in [0.25, 0.3) is 0 Å². The zero-order valence-electron chi connectivity index (χ0n) is 10.6. The third kappa shape index (κ3) is 3.22. The molecule has 2 rings (SSSR count). The number of halogens is 1. The number of aliphatic hydroxyl groups is 1. The van der Waals surface area contributed by atoms with Gasteiger partial charge < -0.3 is 14.9 Å². The summed E-state index contributed by atoms with van der Waals surface area (Å²) >= 11 is 0. The molecule has 0 atom stereocenters. The molecule has 2 N–H and O–H groups in total. The van der Waals surface area contributed by atoms with Crippen LogP contribution in [0.2, 0.25) is 0 Å². The van der Waals surface area contributed by atoms with E-state index >= 15 is 0 Å². The molecule has 6 heteroatoms. The van der Waals surface area contributed by atoms with Gasteiger partial charge in [-0.1, -0.05) is 17.0 Å². The Morgan fingerprint density at radius 2 is 2.30 bits per heavy atom. The van der Waals surface area contributed by atoms with Crippen LogP contribution in [0.5, 0.6) is 0 Å². The number of amides is 1. The van der Waals surface area contributed by atoms with E-state index in [9.17, 15) is 9.18 Å². The van der Waals surface area contributed by atoms with Gasteiger partial charge in [0.25, 0.3) is 5.91 Å². The molecule has 0 spiro atoms. The number of aromatic nitrogens is 1. The molecule has 1 aromatic heterocycles. The summed E-state index contributed by atoms with van der Waals surface area (Å²) in [6.45, 7) is 1.30. The molecule has 0 radical (unpaired) electrons. The highest BCUT2D eigenvalue weighted by Crippen LogP contribution is 2.15. The molecular formula is C14H11FN2O3. The SMILES string of the molecule is Cc1cc(C(=O)Nc2ccc(F)c(C#CCO)c2)no1. The van der Waals surface area contributed by atoms with Crippen LogP contribution in [0, 0.1) is 24.6 Å². The number of hydrogen-bond acceptors (Lipinski definition) is 4. The van der Waals surface area contributed by atoms with Crippen molar-refractivity contribution in [1.29, 1.82) is 0 Å². The van der Waals surface area contributed by atoms with Gasteiger partial charge in [-0.25, -0.2) is 4.39 Å². The van der Waals surface area contributed by atoms with Gasteiger partial charge >= 0.3 is 0 Å². The first kappa shape index (κ1) is 13.8. The van der Waals surface area contributed by atoms with Crippen LogP contribution >= 0.6 is 0 Å². The second-order valence-electron chi connectivity index (χ2n) is 3.93. The van der Waals surface area contributed by atoms with Crippen LogP contribution in [0.3, 0.4) is 0 Å². The number of anilines is 1. The van der Waals surface area contributed by atoms with Gasteiger partial charge in [-0.05, 0) is 25.1 Å². The summed E-state index contributed by atoms with van der Waals surface area (Å²) in [5.41, 5.74) is 0.599. The largest absolute Gasteiger partial charge is 0.384 e. The van der Waals surface area contributed by atoms with E-state index in [2.05, 4.69) is 22.3 Å². The second-order valence-corrected chi connectivity index (χ2v) is 3.93. The normalized spacial score (nSPS) is 9.75.